The van der Waals surface area contributed by atoms with E-state index in [1.807, 2.05) is 24.3 Å². The highest BCUT2D eigenvalue weighted by molar-refractivity contribution is 9.10. The van der Waals surface area contributed by atoms with Gasteiger partial charge in [0.15, 0.2) is 6.39 Å². The second kappa shape index (κ2) is 5.84. The van der Waals surface area contributed by atoms with Crippen LogP contribution < -0.4 is 0 Å². The van der Waals surface area contributed by atoms with Crippen molar-refractivity contribution in [3.05, 3.63) is 70.6 Å². The Bertz CT molecular complexity index is 1100. The van der Waals surface area contributed by atoms with Gasteiger partial charge in [0.2, 0.25) is 5.76 Å². The van der Waals surface area contributed by atoms with Crippen LogP contribution in [0.5, 0.6) is 0 Å². The minimum atomic E-state index is -0.454. The summed E-state index contributed by atoms with van der Waals surface area (Å²) in [7, 11) is 0. The lowest BCUT2D eigenvalue weighted by Gasteiger charge is -2.33. The van der Waals surface area contributed by atoms with Gasteiger partial charge in [-0.1, -0.05) is 12.1 Å². The number of furan rings is 1. The standard InChI is InChI=1S/C18H13BrN4O3/c19-14-10-3-1-2-4-12(10)26-17(14)16-15-11(21-8-22-15)5-6-23(16)18(24)13-7-20-9-25-13/h1-4,7-9,16H,5-6H2,(H,21,22)/t16-/m0/s1. The normalized spacial score (nSPS) is 16.8. The molecule has 4 heterocycles. The molecule has 0 saturated heterocycles. The molecule has 130 valence electrons. The van der Waals surface area contributed by atoms with Gasteiger partial charge in [0.25, 0.3) is 5.91 Å². The van der Waals surface area contributed by atoms with Gasteiger partial charge in [-0.2, -0.15) is 0 Å². The van der Waals surface area contributed by atoms with Crippen molar-refractivity contribution in [3.63, 3.8) is 0 Å². The lowest BCUT2D eigenvalue weighted by Crippen LogP contribution is -2.40. The first-order chi connectivity index (χ1) is 12.7. The number of imidazole rings is 1. The second-order valence-corrected chi connectivity index (χ2v) is 6.85. The van der Waals surface area contributed by atoms with Crippen molar-refractivity contribution in [2.45, 2.75) is 12.5 Å². The van der Waals surface area contributed by atoms with Crippen molar-refractivity contribution in [1.29, 1.82) is 0 Å². The van der Waals surface area contributed by atoms with Crippen LogP contribution in [0.25, 0.3) is 11.0 Å². The van der Waals surface area contributed by atoms with Crippen LogP contribution in [-0.4, -0.2) is 32.3 Å². The van der Waals surface area contributed by atoms with Crippen molar-refractivity contribution >= 4 is 32.8 Å². The summed E-state index contributed by atoms with van der Waals surface area (Å²) in [5.74, 6) is 0.599. The van der Waals surface area contributed by atoms with E-state index in [4.69, 9.17) is 8.83 Å². The molecule has 1 atom stereocenters. The predicted octanol–water partition coefficient (Wildman–Crippen LogP) is 3.69. The Balaban J connectivity index is 1.69. The average Bonchev–Trinajstić information content (AvgIpc) is 3.41. The Morgan fingerprint density at radius 2 is 2.23 bits per heavy atom. The summed E-state index contributed by atoms with van der Waals surface area (Å²) in [6, 6.07) is 7.29. The number of nitrogens with zero attached hydrogens (tertiary/aromatic N) is 3. The van der Waals surface area contributed by atoms with Crippen LogP contribution >= 0.6 is 15.9 Å². The molecule has 1 N–H and O–H groups in total. The lowest BCUT2D eigenvalue weighted by molar-refractivity contribution is 0.0639. The number of hydrogen-bond donors (Lipinski definition) is 1. The third kappa shape index (κ3) is 2.22. The molecule has 0 saturated carbocycles. The van der Waals surface area contributed by atoms with E-state index < -0.39 is 6.04 Å². The molecule has 0 spiro atoms. The highest BCUT2D eigenvalue weighted by Crippen LogP contribution is 2.42. The molecule has 1 aromatic carbocycles. The van der Waals surface area contributed by atoms with Gasteiger partial charge in [0.1, 0.15) is 17.4 Å². The summed E-state index contributed by atoms with van der Waals surface area (Å²) in [6.45, 7) is 0.517. The molecule has 4 aromatic rings. The number of carbonyl (C=O) groups excluding carboxylic acids is 1. The topological polar surface area (TPSA) is 88.2 Å². The summed E-state index contributed by atoms with van der Waals surface area (Å²) in [5, 5.41) is 0.956. The number of oxazole rings is 1. The number of para-hydroxylation sites is 1. The molecule has 3 aromatic heterocycles. The van der Waals surface area contributed by atoms with Gasteiger partial charge < -0.3 is 18.7 Å². The third-order valence-electron chi connectivity index (χ3n) is 4.64. The number of fused-ring (bicyclic) bond motifs is 2. The number of nitrogens with one attached hydrogen (secondary N) is 1. The van der Waals surface area contributed by atoms with E-state index in [9.17, 15) is 4.79 Å². The molecule has 1 amide bonds. The number of H-pyrrole nitrogens is 1. The van der Waals surface area contributed by atoms with Gasteiger partial charge in [-0.25, -0.2) is 9.97 Å². The maximum atomic E-state index is 13.0. The fourth-order valence-corrected chi connectivity index (χ4v) is 4.06. The van der Waals surface area contributed by atoms with Crippen LogP contribution in [0, 0.1) is 0 Å². The van der Waals surface area contributed by atoms with Gasteiger partial charge in [0.05, 0.1) is 22.7 Å². The van der Waals surface area contributed by atoms with Crippen molar-refractivity contribution < 1.29 is 13.6 Å². The van der Waals surface area contributed by atoms with Crippen LogP contribution in [0.1, 0.15) is 33.7 Å². The molecule has 7 nitrogen and oxygen atoms in total. The number of carbonyl (C=O) groups is 1. The van der Waals surface area contributed by atoms with E-state index in [0.717, 1.165) is 26.8 Å². The first kappa shape index (κ1) is 15.4. The lowest BCUT2D eigenvalue weighted by atomic mass is 10.00. The number of hydrogen-bond acceptors (Lipinski definition) is 5. The molecule has 8 heteroatoms. The molecule has 0 aliphatic carbocycles. The van der Waals surface area contributed by atoms with Crippen LogP contribution in [-0.2, 0) is 6.42 Å². The van der Waals surface area contributed by atoms with Crippen LogP contribution in [0.4, 0.5) is 0 Å². The zero-order chi connectivity index (χ0) is 17.7. The Hall–Kier alpha value is -2.87. The molecule has 26 heavy (non-hydrogen) atoms. The van der Waals surface area contributed by atoms with Crippen molar-refractivity contribution in [2.75, 3.05) is 6.54 Å². The number of aromatic nitrogens is 3. The largest absolute Gasteiger partial charge is 0.457 e. The van der Waals surface area contributed by atoms with Crippen LogP contribution in [0.2, 0.25) is 0 Å². The highest BCUT2D eigenvalue weighted by atomic mass is 79.9. The minimum absolute atomic E-state index is 0.196. The fraction of sp³-hybridized carbons (Fsp3) is 0.167. The van der Waals surface area contributed by atoms with E-state index in [1.165, 1.54) is 12.6 Å². The Morgan fingerprint density at radius 3 is 3.04 bits per heavy atom. The molecule has 0 unspecified atom stereocenters. The summed E-state index contributed by atoms with van der Waals surface area (Å²) in [6.07, 6.45) is 5.01. The molecule has 0 bridgehead atoms. The zero-order valence-corrected chi connectivity index (χ0v) is 15.1. The summed E-state index contributed by atoms with van der Waals surface area (Å²) in [4.78, 5) is 26.2. The Kier molecular flexibility index (Phi) is 3.46. The minimum Gasteiger partial charge on any atom is -0.457 e. The van der Waals surface area contributed by atoms with E-state index in [2.05, 4.69) is 30.9 Å². The number of benzene rings is 1. The molecule has 1 aliphatic heterocycles. The van der Waals surface area contributed by atoms with Crippen molar-refractivity contribution in [1.82, 2.24) is 19.9 Å². The molecular weight excluding hydrogens is 400 g/mol. The maximum absolute atomic E-state index is 13.0. The smallest absolute Gasteiger partial charge is 0.292 e. The Labute approximate surface area is 156 Å². The number of aromatic amines is 1. The monoisotopic (exact) mass is 412 g/mol. The maximum Gasteiger partial charge on any atom is 0.292 e. The highest BCUT2D eigenvalue weighted by Gasteiger charge is 2.39. The van der Waals surface area contributed by atoms with Crippen LogP contribution in [0.15, 0.2) is 56.5 Å². The summed E-state index contributed by atoms with van der Waals surface area (Å²) < 4.78 is 12.2. The second-order valence-electron chi connectivity index (χ2n) is 6.06. The Morgan fingerprint density at radius 1 is 1.35 bits per heavy atom. The van der Waals surface area contributed by atoms with Crippen molar-refractivity contribution in [3.8, 4) is 0 Å². The van der Waals surface area contributed by atoms with E-state index in [1.54, 1.807) is 11.2 Å². The third-order valence-corrected chi connectivity index (χ3v) is 5.46. The van der Waals surface area contributed by atoms with Gasteiger partial charge in [-0.05, 0) is 28.1 Å². The molecule has 0 radical (unpaired) electrons. The van der Waals surface area contributed by atoms with Gasteiger partial charge in [0, 0.05) is 24.0 Å². The van der Waals surface area contributed by atoms with E-state index in [0.29, 0.717) is 18.7 Å². The van der Waals surface area contributed by atoms with Crippen molar-refractivity contribution in [2.24, 2.45) is 0 Å². The van der Waals surface area contributed by atoms with Crippen LogP contribution in [0.3, 0.4) is 0 Å². The molecule has 5 rings (SSSR count). The van der Waals surface area contributed by atoms with Gasteiger partial charge >= 0.3 is 0 Å². The van der Waals surface area contributed by atoms with E-state index in [-0.39, 0.29) is 11.7 Å². The first-order valence-corrected chi connectivity index (χ1v) is 8.92. The molecular formula is C18H13BrN4O3. The summed E-state index contributed by atoms with van der Waals surface area (Å²) in [5.41, 5.74) is 2.54. The molecule has 1 aliphatic rings. The van der Waals surface area contributed by atoms with Gasteiger partial charge in [-0.15, -0.1) is 0 Å². The van der Waals surface area contributed by atoms with Gasteiger partial charge in [-0.3, -0.25) is 4.79 Å². The first-order valence-electron chi connectivity index (χ1n) is 8.12. The SMILES string of the molecule is O=C(c1cnco1)N1CCc2[nH]cnc2[C@H]1c1oc2ccccc2c1Br. The quantitative estimate of drug-likeness (QED) is 0.542. The fourth-order valence-electron chi connectivity index (χ4n) is 3.43. The summed E-state index contributed by atoms with van der Waals surface area (Å²) >= 11 is 3.65. The zero-order valence-electron chi connectivity index (χ0n) is 13.5. The molecule has 0 fully saturated rings. The van der Waals surface area contributed by atoms with E-state index >= 15 is 0 Å². The predicted molar refractivity (Wildman–Crippen MR) is 95.6 cm³/mol. The number of halogens is 1. The average molecular weight is 413 g/mol. The number of amides is 1. The number of rotatable bonds is 2.